The summed E-state index contributed by atoms with van der Waals surface area (Å²) in [5.41, 5.74) is 6.02. The molecule has 1 aromatic carbocycles. The van der Waals surface area contributed by atoms with E-state index in [-0.39, 0.29) is 18.1 Å². The number of nitrogens with zero attached hydrogens (tertiary/aromatic N) is 2. The first-order valence-corrected chi connectivity index (χ1v) is 5.69. The quantitative estimate of drug-likeness (QED) is 0.874. The number of benzene rings is 1. The highest BCUT2D eigenvalue weighted by Crippen LogP contribution is 2.25. The van der Waals surface area contributed by atoms with Gasteiger partial charge in [0.25, 0.3) is 5.91 Å². The van der Waals surface area contributed by atoms with Crippen molar-refractivity contribution in [3.05, 3.63) is 34.5 Å². The molecule has 1 amide bonds. The summed E-state index contributed by atoms with van der Waals surface area (Å²) in [6, 6.07) is 5.21. The predicted molar refractivity (Wildman–Crippen MR) is 67.9 cm³/mol. The second kappa shape index (κ2) is 5.57. The van der Waals surface area contributed by atoms with Gasteiger partial charge in [-0.1, -0.05) is 17.7 Å². The molecule has 0 aliphatic carbocycles. The molecule has 0 aliphatic rings. The lowest BCUT2D eigenvalue weighted by Crippen LogP contribution is -2.24. The van der Waals surface area contributed by atoms with Crippen molar-refractivity contribution in [3.63, 3.8) is 0 Å². The van der Waals surface area contributed by atoms with Crippen LogP contribution in [-0.2, 0) is 6.54 Å². The second-order valence-corrected chi connectivity index (χ2v) is 4.01. The van der Waals surface area contributed by atoms with Crippen LogP contribution in [0.5, 0.6) is 5.75 Å². The monoisotopic (exact) mass is 282 g/mol. The van der Waals surface area contributed by atoms with Gasteiger partial charge in [0.15, 0.2) is 0 Å². The lowest BCUT2D eigenvalue weighted by Gasteiger charge is -2.10. The van der Waals surface area contributed by atoms with Gasteiger partial charge in [0.2, 0.25) is 11.5 Å². The maximum absolute atomic E-state index is 11.8. The molecule has 100 valence electrons. The molecule has 0 fully saturated rings. The van der Waals surface area contributed by atoms with E-state index < -0.39 is 5.91 Å². The van der Waals surface area contributed by atoms with Gasteiger partial charge < -0.3 is 15.8 Å². The standard InChI is InChI=1S/C11H11ClN4O3/c1-18-8-4-2-3-7(12)6(8)5-14-11(17)9-10(13)16-19-15-9/h2-4H,5H2,1H3,(H2,13,16)(H,14,17). The van der Waals surface area contributed by atoms with Crippen LogP contribution in [0.1, 0.15) is 16.1 Å². The van der Waals surface area contributed by atoms with Gasteiger partial charge in [0.1, 0.15) is 5.75 Å². The van der Waals surface area contributed by atoms with Crippen molar-refractivity contribution in [3.8, 4) is 5.75 Å². The van der Waals surface area contributed by atoms with E-state index in [4.69, 9.17) is 22.1 Å². The molecule has 2 aromatic rings. The van der Waals surface area contributed by atoms with E-state index in [0.29, 0.717) is 16.3 Å². The van der Waals surface area contributed by atoms with Gasteiger partial charge >= 0.3 is 0 Å². The average Bonchev–Trinajstić information content (AvgIpc) is 2.83. The Balaban J connectivity index is 2.11. The molecule has 19 heavy (non-hydrogen) atoms. The van der Waals surface area contributed by atoms with Crippen LogP contribution in [-0.4, -0.2) is 23.3 Å². The van der Waals surface area contributed by atoms with Gasteiger partial charge in [0.05, 0.1) is 7.11 Å². The molecule has 7 nitrogen and oxygen atoms in total. The normalized spacial score (nSPS) is 10.2. The van der Waals surface area contributed by atoms with E-state index in [9.17, 15) is 4.79 Å². The summed E-state index contributed by atoms with van der Waals surface area (Å²) in [7, 11) is 1.52. The number of rotatable bonds is 4. The Labute approximate surface area is 113 Å². The molecular weight excluding hydrogens is 272 g/mol. The maximum Gasteiger partial charge on any atom is 0.277 e. The number of carbonyl (C=O) groups excluding carboxylic acids is 1. The molecule has 8 heteroatoms. The van der Waals surface area contributed by atoms with Crippen molar-refractivity contribution in [1.82, 2.24) is 15.6 Å². The summed E-state index contributed by atoms with van der Waals surface area (Å²) >= 11 is 6.05. The van der Waals surface area contributed by atoms with Crippen molar-refractivity contribution in [2.45, 2.75) is 6.54 Å². The molecule has 1 heterocycles. The lowest BCUT2D eigenvalue weighted by atomic mass is 10.2. The van der Waals surface area contributed by atoms with Crippen LogP contribution < -0.4 is 15.8 Å². The van der Waals surface area contributed by atoms with E-state index in [1.165, 1.54) is 7.11 Å². The largest absolute Gasteiger partial charge is 0.496 e. The summed E-state index contributed by atoms with van der Waals surface area (Å²) in [6.45, 7) is 0.175. The molecule has 0 spiro atoms. The van der Waals surface area contributed by atoms with Crippen LogP contribution in [0.15, 0.2) is 22.8 Å². The highest BCUT2D eigenvalue weighted by atomic mass is 35.5. The predicted octanol–water partition coefficient (Wildman–Crippen LogP) is 1.24. The molecule has 1 aromatic heterocycles. The first-order valence-electron chi connectivity index (χ1n) is 5.31. The number of amides is 1. The minimum absolute atomic E-state index is 0.0639. The van der Waals surface area contributed by atoms with Crippen molar-refractivity contribution in [2.24, 2.45) is 0 Å². The Bertz CT molecular complexity index is 599. The van der Waals surface area contributed by atoms with Crippen molar-refractivity contribution >= 4 is 23.3 Å². The molecule has 0 atom stereocenters. The Kier molecular flexibility index (Phi) is 3.86. The van der Waals surface area contributed by atoms with Crippen molar-refractivity contribution < 1.29 is 14.2 Å². The zero-order valence-electron chi connectivity index (χ0n) is 10.0. The summed E-state index contributed by atoms with van der Waals surface area (Å²) in [6.07, 6.45) is 0. The molecule has 2 rings (SSSR count). The van der Waals surface area contributed by atoms with Gasteiger partial charge in [-0.05, 0) is 22.4 Å². The van der Waals surface area contributed by atoms with Crippen LogP contribution in [0.2, 0.25) is 5.02 Å². The maximum atomic E-state index is 11.8. The first-order chi connectivity index (χ1) is 9.13. The van der Waals surface area contributed by atoms with Crippen LogP contribution >= 0.6 is 11.6 Å². The highest BCUT2D eigenvalue weighted by molar-refractivity contribution is 6.31. The Morgan fingerprint density at radius 3 is 2.95 bits per heavy atom. The fraction of sp³-hybridized carbons (Fsp3) is 0.182. The fourth-order valence-corrected chi connectivity index (χ4v) is 1.74. The SMILES string of the molecule is COc1cccc(Cl)c1CNC(=O)c1nonc1N. The molecule has 0 aliphatic heterocycles. The number of nitrogens with two attached hydrogens (primary N) is 1. The van der Waals surface area contributed by atoms with Crippen molar-refractivity contribution in [2.75, 3.05) is 12.8 Å². The zero-order chi connectivity index (χ0) is 13.8. The summed E-state index contributed by atoms with van der Waals surface area (Å²) in [5.74, 6) is 0.0170. The van der Waals surface area contributed by atoms with E-state index in [0.717, 1.165) is 0 Å². The summed E-state index contributed by atoms with van der Waals surface area (Å²) in [4.78, 5) is 11.8. The third-order valence-electron chi connectivity index (χ3n) is 2.45. The number of anilines is 1. The number of ether oxygens (including phenoxy) is 1. The number of aromatic nitrogens is 2. The van der Waals surface area contributed by atoms with Crippen LogP contribution in [0.25, 0.3) is 0 Å². The average molecular weight is 283 g/mol. The number of halogens is 1. The Morgan fingerprint density at radius 1 is 1.53 bits per heavy atom. The van der Waals surface area contributed by atoms with E-state index in [2.05, 4.69) is 20.3 Å². The Hall–Kier alpha value is -2.28. The van der Waals surface area contributed by atoms with Gasteiger partial charge in [0, 0.05) is 17.1 Å². The van der Waals surface area contributed by atoms with Crippen LogP contribution in [0.3, 0.4) is 0 Å². The minimum atomic E-state index is -0.499. The summed E-state index contributed by atoms with van der Waals surface area (Å²) in [5, 5.41) is 9.83. The number of hydrogen-bond donors (Lipinski definition) is 2. The second-order valence-electron chi connectivity index (χ2n) is 3.60. The van der Waals surface area contributed by atoms with Crippen LogP contribution in [0, 0.1) is 0 Å². The smallest absolute Gasteiger partial charge is 0.277 e. The molecular formula is C11H11ClN4O3. The molecule has 3 N–H and O–H groups in total. The first kappa shape index (κ1) is 13.2. The van der Waals surface area contributed by atoms with Crippen LogP contribution in [0.4, 0.5) is 5.82 Å². The minimum Gasteiger partial charge on any atom is -0.496 e. The number of methoxy groups -OCH3 is 1. The number of nitrogens with one attached hydrogen (secondary N) is 1. The number of nitrogen functional groups attached to an aromatic ring is 1. The molecule has 0 saturated carbocycles. The molecule has 0 unspecified atom stereocenters. The fourth-order valence-electron chi connectivity index (χ4n) is 1.51. The number of hydrogen-bond acceptors (Lipinski definition) is 6. The van der Waals surface area contributed by atoms with Crippen molar-refractivity contribution in [1.29, 1.82) is 0 Å². The molecule has 0 radical (unpaired) electrons. The third kappa shape index (κ3) is 2.76. The van der Waals surface area contributed by atoms with Gasteiger partial charge in [-0.3, -0.25) is 4.79 Å². The lowest BCUT2D eigenvalue weighted by molar-refractivity contribution is 0.0941. The van der Waals surface area contributed by atoms with Gasteiger partial charge in [-0.15, -0.1) is 0 Å². The van der Waals surface area contributed by atoms with E-state index in [1.54, 1.807) is 18.2 Å². The third-order valence-corrected chi connectivity index (χ3v) is 2.80. The van der Waals surface area contributed by atoms with E-state index >= 15 is 0 Å². The molecule has 0 saturated heterocycles. The highest BCUT2D eigenvalue weighted by Gasteiger charge is 2.16. The van der Waals surface area contributed by atoms with E-state index in [1.807, 2.05) is 0 Å². The molecule has 0 bridgehead atoms. The number of carbonyl (C=O) groups is 1. The summed E-state index contributed by atoms with van der Waals surface area (Å²) < 4.78 is 9.52. The topological polar surface area (TPSA) is 103 Å². The zero-order valence-corrected chi connectivity index (χ0v) is 10.8. The van der Waals surface area contributed by atoms with Gasteiger partial charge in [-0.2, -0.15) is 0 Å². The van der Waals surface area contributed by atoms with Gasteiger partial charge in [-0.25, -0.2) is 4.63 Å². The Morgan fingerprint density at radius 2 is 2.32 bits per heavy atom.